The molecule has 1 aromatic heterocycles. The van der Waals surface area contributed by atoms with Gasteiger partial charge in [-0.05, 0) is 48.5 Å². The molecule has 1 N–H and O–H groups in total. The highest BCUT2D eigenvalue weighted by molar-refractivity contribution is 6.08. The van der Waals surface area contributed by atoms with E-state index >= 15 is 0 Å². The number of para-hydroxylation sites is 1. The molecule has 0 fully saturated rings. The standard InChI is InChI=1S/C22H22N4O2/c1-25(2)18-11-9-17(10-12-18)24-21(27)20-15-16(13-14-23-20)22(28)26(3)19-7-5-4-6-8-19/h4-15H,1-3H3,(H,24,27). The van der Waals surface area contributed by atoms with Crippen molar-refractivity contribution in [2.75, 3.05) is 36.3 Å². The quantitative estimate of drug-likeness (QED) is 0.740. The largest absolute Gasteiger partial charge is 0.378 e. The van der Waals surface area contributed by atoms with E-state index in [-0.39, 0.29) is 17.5 Å². The monoisotopic (exact) mass is 374 g/mol. The SMILES string of the molecule is CN(C)c1ccc(NC(=O)c2cc(C(=O)N(C)c3ccccc3)ccn2)cc1. The molecule has 0 aliphatic carbocycles. The van der Waals surface area contributed by atoms with E-state index in [0.717, 1.165) is 11.4 Å². The van der Waals surface area contributed by atoms with Gasteiger partial charge in [-0.15, -0.1) is 0 Å². The van der Waals surface area contributed by atoms with Crippen LogP contribution in [0.2, 0.25) is 0 Å². The van der Waals surface area contributed by atoms with Crippen LogP contribution in [0.3, 0.4) is 0 Å². The predicted octanol–water partition coefficient (Wildman–Crippen LogP) is 3.68. The van der Waals surface area contributed by atoms with E-state index in [9.17, 15) is 9.59 Å². The third-order valence-corrected chi connectivity index (χ3v) is 4.33. The zero-order valence-electron chi connectivity index (χ0n) is 16.1. The van der Waals surface area contributed by atoms with Gasteiger partial charge in [0.2, 0.25) is 0 Å². The first-order valence-electron chi connectivity index (χ1n) is 8.83. The van der Waals surface area contributed by atoms with Crippen LogP contribution in [0.15, 0.2) is 72.9 Å². The van der Waals surface area contributed by atoms with Gasteiger partial charge in [-0.25, -0.2) is 0 Å². The van der Waals surface area contributed by atoms with Gasteiger partial charge < -0.3 is 15.1 Å². The van der Waals surface area contributed by atoms with Gasteiger partial charge >= 0.3 is 0 Å². The summed E-state index contributed by atoms with van der Waals surface area (Å²) in [4.78, 5) is 32.9. The van der Waals surface area contributed by atoms with Crippen molar-refractivity contribution >= 4 is 28.9 Å². The van der Waals surface area contributed by atoms with Crippen molar-refractivity contribution in [2.24, 2.45) is 0 Å². The fraction of sp³-hybridized carbons (Fsp3) is 0.136. The molecular weight excluding hydrogens is 352 g/mol. The second-order valence-electron chi connectivity index (χ2n) is 6.52. The van der Waals surface area contributed by atoms with Crippen LogP contribution in [0, 0.1) is 0 Å². The third kappa shape index (κ3) is 4.35. The highest BCUT2D eigenvalue weighted by Crippen LogP contribution is 2.18. The Labute approximate surface area is 164 Å². The number of hydrogen-bond acceptors (Lipinski definition) is 4. The maximum Gasteiger partial charge on any atom is 0.274 e. The maximum absolute atomic E-state index is 12.7. The number of benzene rings is 2. The summed E-state index contributed by atoms with van der Waals surface area (Å²) < 4.78 is 0. The van der Waals surface area contributed by atoms with Gasteiger partial charge in [0, 0.05) is 50.0 Å². The van der Waals surface area contributed by atoms with E-state index < -0.39 is 0 Å². The van der Waals surface area contributed by atoms with Crippen molar-refractivity contribution in [3.63, 3.8) is 0 Å². The van der Waals surface area contributed by atoms with Crippen LogP contribution in [-0.4, -0.2) is 37.9 Å². The number of pyridine rings is 1. The van der Waals surface area contributed by atoms with E-state index in [1.54, 1.807) is 13.1 Å². The zero-order chi connectivity index (χ0) is 20.1. The Bertz CT molecular complexity index is 969. The molecule has 0 aliphatic rings. The first kappa shape index (κ1) is 19.1. The van der Waals surface area contributed by atoms with E-state index in [4.69, 9.17) is 0 Å². The normalized spacial score (nSPS) is 10.2. The lowest BCUT2D eigenvalue weighted by molar-refractivity contribution is 0.0993. The second kappa shape index (κ2) is 8.35. The summed E-state index contributed by atoms with van der Waals surface area (Å²) in [7, 11) is 5.60. The van der Waals surface area contributed by atoms with E-state index in [1.807, 2.05) is 73.6 Å². The molecular formula is C22H22N4O2. The number of anilines is 3. The van der Waals surface area contributed by atoms with Gasteiger partial charge in [0.25, 0.3) is 11.8 Å². The Kier molecular flexibility index (Phi) is 5.69. The highest BCUT2D eigenvalue weighted by Gasteiger charge is 2.16. The molecule has 6 nitrogen and oxygen atoms in total. The average molecular weight is 374 g/mol. The highest BCUT2D eigenvalue weighted by atomic mass is 16.2. The Morgan fingerprint density at radius 1 is 0.857 bits per heavy atom. The van der Waals surface area contributed by atoms with Crippen molar-refractivity contribution in [3.05, 3.63) is 84.2 Å². The minimum Gasteiger partial charge on any atom is -0.378 e. The van der Waals surface area contributed by atoms with Gasteiger partial charge in [-0.3, -0.25) is 14.6 Å². The number of hydrogen-bond donors (Lipinski definition) is 1. The predicted molar refractivity (Wildman–Crippen MR) is 112 cm³/mol. The molecule has 2 amide bonds. The van der Waals surface area contributed by atoms with Gasteiger partial charge in [0.15, 0.2) is 0 Å². The van der Waals surface area contributed by atoms with E-state index in [1.165, 1.54) is 17.2 Å². The molecule has 1 heterocycles. The minimum absolute atomic E-state index is 0.184. The number of nitrogens with one attached hydrogen (secondary N) is 1. The molecule has 0 saturated carbocycles. The topological polar surface area (TPSA) is 65.5 Å². The number of carbonyl (C=O) groups is 2. The molecule has 3 aromatic rings. The molecule has 0 radical (unpaired) electrons. The molecule has 0 saturated heterocycles. The fourth-order valence-electron chi connectivity index (χ4n) is 2.69. The molecule has 142 valence electrons. The summed E-state index contributed by atoms with van der Waals surface area (Å²) in [6.07, 6.45) is 1.47. The first-order valence-corrected chi connectivity index (χ1v) is 8.83. The number of aromatic nitrogens is 1. The zero-order valence-corrected chi connectivity index (χ0v) is 16.1. The van der Waals surface area contributed by atoms with Crippen molar-refractivity contribution in [3.8, 4) is 0 Å². The second-order valence-corrected chi connectivity index (χ2v) is 6.52. The van der Waals surface area contributed by atoms with Crippen LogP contribution in [0.25, 0.3) is 0 Å². The van der Waals surface area contributed by atoms with Crippen LogP contribution in [-0.2, 0) is 0 Å². The molecule has 28 heavy (non-hydrogen) atoms. The lowest BCUT2D eigenvalue weighted by Crippen LogP contribution is -2.26. The van der Waals surface area contributed by atoms with Crippen LogP contribution < -0.4 is 15.1 Å². The minimum atomic E-state index is -0.366. The van der Waals surface area contributed by atoms with Gasteiger partial charge in [-0.1, -0.05) is 18.2 Å². The molecule has 0 atom stereocenters. The van der Waals surface area contributed by atoms with Crippen LogP contribution in [0.5, 0.6) is 0 Å². The number of nitrogens with zero attached hydrogens (tertiary/aromatic N) is 3. The van der Waals surface area contributed by atoms with Crippen molar-refractivity contribution in [2.45, 2.75) is 0 Å². The smallest absolute Gasteiger partial charge is 0.274 e. The van der Waals surface area contributed by atoms with Gasteiger partial charge in [0.05, 0.1) is 0 Å². The molecule has 0 aliphatic heterocycles. The summed E-state index contributed by atoms with van der Waals surface area (Å²) in [5, 5.41) is 2.81. The van der Waals surface area contributed by atoms with E-state index in [2.05, 4.69) is 10.3 Å². The average Bonchev–Trinajstić information content (AvgIpc) is 2.73. The summed E-state index contributed by atoms with van der Waals surface area (Å²) in [5.74, 6) is -0.576. The molecule has 2 aromatic carbocycles. The molecule has 3 rings (SSSR count). The summed E-state index contributed by atoms with van der Waals surface area (Å²) >= 11 is 0. The summed E-state index contributed by atoms with van der Waals surface area (Å²) in [6.45, 7) is 0. The molecule has 0 bridgehead atoms. The number of amides is 2. The van der Waals surface area contributed by atoms with Crippen molar-refractivity contribution in [1.29, 1.82) is 0 Å². The Morgan fingerprint density at radius 2 is 1.54 bits per heavy atom. The van der Waals surface area contributed by atoms with Gasteiger partial charge in [0.1, 0.15) is 5.69 Å². The Balaban J connectivity index is 1.75. The lowest BCUT2D eigenvalue weighted by Gasteiger charge is -2.17. The summed E-state index contributed by atoms with van der Waals surface area (Å²) in [6, 6.07) is 19.9. The third-order valence-electron chi connectivity index (χ3n) is 4.33. The van der Waals surface area contributed by atoms with Crippen molar-refractivity contribution in [1.82, 2.24) is 4.98 Å². The van der Waals surface area contributed by atoms with Crippen molar-refractivity contribution < 1.29 is 9.59 Å². The van der Waals surface area contributed by atoms with Crippen LogP contribution >= 0.6 is 0 Å². The number of carbonyl (C=O) groups excluding carboxylic acids is 2. The van der Waals surface area contributed by atoms with Crippen LogP contribution in [0.4, 0.5) is 17.1 Å². The first-order chi connectivity index (χ1) is 13.5. The molecule has 0 spiro atoms. The van der Waals surface area contributed by atoms with Crippen LogP contribution in [0.1, 0.15) is 20.8 Å². The fourth-order valence-corrected chi connectivity index (χ4v) is 2.69. The lowest BCUT2D eigenvalue weighted by atomic mass is 10.2. The molecule has 6 heteroatoms. The van der Waals surface area contributed by atoms with Gasteiger partial charge in [-0.2, -0.15) is 0 Å². The van der Waals surface area contributed by atoms with E-state index in [0.29, 0.717) is 11.3 Å². The molecule has 0 unspecified atom stereocenters. The Morgan fingerprint density at radius 3 is 2.18 bits per heavy atom. The number of rotatable bonds is 5. The summed E-state index contributed by atoms with van der Waals surface area (Å²) in [5.41, 5.74) is 3.05. The Hall–Kier alpha value is -3.67. The maximum atomic E-state index is 12.7.